The van der Waals surface area contributed by atoms with E-state index in [1.807, 2.05) is 6.07 Å². The molecule has 2 aromatic carbocycles. The number of nitrogens with one attached hydrogen (secondary N) is 2. The van der Waals surface area contributed by atoms with Gasteiger partial charge in [0.05, 0.1) is 15.7 Å². The van der Waals surface area contributed by atoms with Crippen molar-refractivity contribution in [1.29, 1.82) is 0 Å². The van der Waals surface area contributed by atoms with Crippen molar-refractivity contribution in [3.05, 3.63) is 64.1 Å². The minimum Gasteiger partial charge on any atom is -0.352 e. The van der Waals surface area contributed by atoms with Gasteiger partial charge in [-0.2, -0.15) is 0 Å². The van der Waals surface area contributed by atoms with Crippen LogP contribution in [0, 0.1) is 0 Å². The molecule has 6 heteroatoms. The Hall–Kier alpha value is -2.04. The Labute approximate surface area is 138 Å². The second-order valence-electron chi connectivity index (χ2n) is 4.52. The topological polar surface area (TPSA) is 58.2 Å². The lowest BCUT2D eigenvalue weighted by Gasteiger charge is -2.09. The molecule has 0 atom stereocenters. The lowest BCUT2D eigenvalue weighted by atomic mass is 10.2. The predicted molar refractivity (Wildman–Crippen MR) is 88.5 cm³/mol. The monoisotopic (exact) mass is 336 g/mol. The number of anilines is 1. The SMILES string of the molecule is O=C(CCNC(=O)c1ccccc1)Nc1cccc(Cl)c1Cl. The van der Waals surface area contributed by atoms with Gasteiger partial charge in [0, 0.05) is 18.5 Å². The summed E-state index contributed by atoms with van der Waals surface area (Å²) in [6.45, 7) is 0.234. The van der Waals surface area contributed by atoms with Crippen LogP contribution in [0.25, 0.3) is 0 Å². The second-order valence-corrected chi connectivity index (χ2v) is 5.31. The van der Waals surface area contributed by atoms with E-state index in [-0.39, 0.29) is 24.8 Å². The zero-order chi connectivity index (χ0) is 15.9. The van der Waals surface area contributed by atoms with E-state index in [9.17, 15) is 9.59 Å². The molecule has 2 rings (SSSR count). The van der Waals surface area contributed by atoms with Crippen molar-refractivity contribution in [3.8, 4) is 0 Å². The number of rotatable bonds is 5. The summed E-state index contributed by atoms with van der Waals surface area (Å²) in [6.07, 6.45) is 0.140. The van der Waals surface area contributed by atoms with Crippen LogP contribution in [0.1, 0.15) is 16.8 Å². The van der Waals surface area contributed by atoms with Crippen molar-refractivity contribution in [2.45, 2.75) is 6.42 Å². The zero-order valence-corrected chi connectivity index (χ0v) is 13.1. The van der Waals surface area contributed by atoms with Gasteiger partial charge in [0.25, 0.3) is 5.91 Å². The summed E-state index contributed by atoms with van der Waals surface area (Å²) in [5.74, 6) is -0.466. The van der Waals surface area contributed by atoms with Gasteiger partial charge in [0.15, 0.2) is 0 Å². The second kappa shape index (κ2) is 7.82. The van der Waals surface area contributed by atoms with E-state index >= 15 is 0 Å². The first-order chi connectivity index (χ1) is 10.6. The lowest BCUT2D eigenvalue weighted by molar-refractivity contribution is -0.116. The summed E-state index contributed by atoms with van der Waals surface area (Å²) < 4.78 is 0. The van der Waals surface area contributed by atoms with Crippen LogP contribution >= 0.6 is 23.2 Å². The molecular weight excluding hydrogens is 323 g/mol. The molecule has 0 unspecified atom stereocenters. The first-order valence-corrected chi connectivity index (χ1v) is 7.40. The molecule has 2 N–H and O–H groups in total. The first-order valence-electron chi connectivity index (χ1n) is 6.65. The fourth-order valence-corrected chi connectivity index (χ4v) is 2.14. The summed E-state index contributed by atoms with van der Waals surface area (Å²) in [7, 11) is 0. The first kappa shape index (κ1) is 16.3. The number of hydrogen-bond donors (Lipinski definition) is 2. The Balaban J connectivity index is 1.81. The van der Waals surface area contributed by atoms with Crippen LogP contribution in [0.4, 0.5) is 5.69 Å². The highest BCUT2D eigenvalue weighted by molar-refractivity contribution is 6.43. The lowest BCUT2D eigenvalue weighted by Crippen LogP contribution is -2.27. The third kappa shape index (κ3) is 4.48. The van der Waals surface area contributed by atoms with Gasteiger partial charge in [-0.1, -0.05) is 47.5 Å². The third-order valence-corrected chi connectivity index (χ3v) is 3.72. The van der Waals surface area contributed by atoms with Crippen molar-refractivity contribution >= 4 is 40.7 Å². The number of carbonyl (C=O) groups excluding carboxylic acids is 2. The maximum atomic E-state index is 11.8. The van der Waals surface area contributed by atoms with Crippen molar-refractivity contribution in [2.24, 2.45) is 0 Å². The highest BCUT2D eigenvalue weighted by atomic mass is 35.5. The van der Waals surface area contributed by atoms with Crippen LogP contribution < -0.4 is 10.6 Å². The smallest absolute Gasteiger partial charge is 0.251 e. The number of carbonyl (C=O) groups is 2. The van der Waals surface area contributed by atoms with E-state index in [0.717, 1.165) is 0 Å². The van der Waals surface area contributed by atoms with E-state index in [1.165, 1.54) is 0 Å². The summed E-state index contributed by atoms with van der Waals surface area (Å²) in [5.41, 5.74) is 1.01. The van der Waals surface area contributed by atoms with Crippen molar-refractivity contribution < 1.29 is 9.59 Å². The minimum absolute atomic E-state index is 0.140. The fraction of sp³-hybridized carbons (Fsp3) is 0.125. The van der Waals surface area contributed by atoms with Crippen molar-refractivity contribution in [3.63, 3.8) is 0 Å². The molecule has 2 amide bonds. The molecule has 0 saturated carbocycles. The molecule has 0 saturated heterocycles. The van der Waals surface area contributed by atoms with E-state index in [0.29, 0.717) is 21.3 Å². The minimum atomic E-state index is -0.252. The Morgan fingerprint density at radius 2 is 1.68 bits per heavy atom. The van der Waals surface area contributed by atoms with Crippen LogP contribution in [0.5, 0.6) is 0 Å². The summed E-state index contributed by atoms with van der Waals surface area (Å²) in [5, 5.41) is 6.01. The highest BCUT2D eigenvalue weighted by Crippen LogP contribution is 2.29. The standard InChI is InChI=1S/C16H14Cl2N2O2/c17-12-7-4-8-13(15(12)18)20-14(21)9-10-19-16(22)11-5-2-1-3-6-11/h1-8H,9-10H2,(H,19,22)(H,20,21). The molecule has 2 aromatic rings. The maximum absolute atomic E-state index is 11.8. The summed E-state index contributed by atoms with van der Waals surface area (Å²) in [4.78, 5) is 23.6. The number of hydrogen-bond acceptors (Lipinski definition) is 2. The number of halogens is 2. The number of benzene rings is 2. The molecule has 0 aromatic heterocycles. The van der Waals surface area contributed by atoms with Crippen molar-refractivity contribution in [2.75, 3.05) is 11.9 Å². The molecule has 22 heavy (non-hydrogen) atoms. The molecule has 114 valence electrons. The number of amides is 2. The molecule has 0 heterocycles. The van der Waals surface area contributed by atoms with E-state index in [2.05, 4.69) is 10.6 Å². The molecule has 0 aliphatic rings. The van der Waals surface area contributed by atoms with Gasteiger partial charge in [0.1, 0.15) is 0 Å². The molecule has 0 aliphatic carbocycles. The van der Waals surface area contributed by atoms with Gasteiger partial charge < -0.3 is 10.6 Å². The van der Waals surface area contributed by atoms with E-state index in [1.54, 1.807) is 42.5 Å². The molecule has 0 bridgehead atoms. The van der Waals surface area contributed by atoms with Gasteiger partial charge >= 0.3 is 0 Å². The molecule has 4 nitrogen and oxygen atoms in total. The molecule has 0 spiro atoms. The van der Waals surface area contributed by atoms with Crippen LogP contribution in [0.2, 0.25) is 10.0 Å². The molecule has 0 aliphatic heterocycles. The van der Waals surface area contributed by atoms with Crippen LogP contribution in [0.15, 0.2) is 48.5 Å². The maximum Gasteiger partial charge on any atom is 0.251 e. The van der Waals surface area contributed by atoms with Crippen LogP contribution in [-0.4, -0.2) is 18.4 Å². The predicted octanol–water partition coefficient (Wildman–Crippen LogP) is 3.75. The van der Waals surface area contributed by atoms with Gasteiger partial charge in [-0.3, -0.25) is 9.59 Å². The Morgan fingerprint density at radius 3 is 2.41 bits per heavy atom. The average molecular weight is 337 g/mol. The van der Waals surface area contributed by atoms with Crippen molar-refractivity contribution in [1.82, 2.24) is 5.32 Å². The van der Waals surface area contributed by atoms with Gasteiger partial charge in [-0.15, -0.1) is 0 Å². The molecule has 0 radical (unpaired) electrons. The molecule has 0 fully saturated rings. The fourth-order valence-electron chi connectivity index (χ4n) is 1.79. The normalized spacial score (nSPS) is 10.1. The zero-order valence-electron chi connectivity index (χ0n) is 11.6. The van der Waals surface area contributed by atoms with E-state index < -0.39 is 0 Å². The Kier molecular flexibility index (Phi) is 5.81. The van der Waals surface area contributed by atoms with E-state index in [4.69, 9.17) is 23.2 Å². The average Bonchev–Trinajstić information content (AvgIpc) is 2.52. The third-order valence-electron chi connectivity index (χ3n) is 2.90. The van der Waals surface area contributed by atoms with Gasteiger partial charge in [-0.25, -0.2) is 0 Å². The Morgan fingerprint density at radius 1 is 0.955 bits per heavy atom. The highest BCUT2D eigenvalue weighted by Gasteiger charge is 2.09. The van der Waals surface area contributed by atoms with Gasteiger partial charge in [-0.05, 0) is 24.3 Å². The molecular formula is C16H14Cl2N2O2. The Bertz CT molecular complexity index is 675. The largest absolute Gasteiger partial charge is 0.352 e. The summed E-state index contributed by atoms with van der Waals surface area (Å²) in [6, 6.07) is 13.8. The van der Waals surface area contributed by atoms with Crippen LogP contribution in [-0.2, 0) is 4.79 Å². The van der Waals surface area contributed by atoms with Crippen LogP contribution in [0.3, 0.4) is 0 Å². The quantitative estimate of drug-likeness (QED) is 0.873. The van der Waals surface area contributed by atoms with Gasteiger partial charge in [0.2, 0.25) is 5.91 Å². The summed E-state index contributed by atoms with van der Waals surface area (Å²) >= 11 is 11.9.